The van der Waals surface area contributed by atoms with Gasteiger partial charge in [-0.2, -0.15) is 0 Å². The van der Waals surface area contributed by atoms with Crippen molar-refractivity contribution in [2.45, 2.75) is 6.10 Å². The van der Waals surface area contributed by atoms with E-state index in [1.807, 2.05) is 18.2 Å². The summed E-state index contributed by atoms with van der Waals surface area (Å²) < 4.78 is 5.77. The Morgan fingerprint density at radius 3 is 3.00 bits per heavy atom. The van der Waals surface area contributed by atoms with Gasteiger partial charge in [0.25, 0.3) is 0 Å². The average molecular weight is 347 g/mol. The number of carbonyl (C=O) groups is 1. The summed E-state index contributed by atoms with van der Waals surface area (Å²) in [5, 5.41) is 11.9. The summed E-state index contributed by atoms with van der Waals surface area (Å²) in [6.45, 7) is 2.79. The van der Waals surface area contributed by atoms with Crippen LogP contribution in [-0.2, 0) is 9.53 Å². The van der Waals surface area contributed by atoms with E-state index >= 15 is 0 Å². The zero-order valence-corrected chi connectivity index (χ0v) is 14.4. The van der Waals surface area contributed by atoms with Crippen LogP contribution < -0.4 is 4.90 Å². The standard InChI is InChI=1S/C17H21N3O3S/c1-19(11-16(21)22)9-14-10-20(7-8-23-14)17-18-15(12-24-17)13-5-3-2-4-6-13/h2-6,12,14H,7-11H2,1H3,(H,21,22). The normalized spacial score (nSPS) is 18.1. The molecule has 1 aromatic carbocycles. The second-order valence-electron chi connectivity index (χ2n) is 5.91. The summed E-state index contributed by atoms with van der Waals surface area (Å²) in [5.74, 6) is -0.822. The van der Waals surface area contributed by atoms with Crippen LogP contribution in [-0.4, -0.2) is 66.9 Å². The molecule has 1 aliphatic heterocycles. The van der Waals surface area contributed by atoms with Crippen LogP contribution >= 0.6 is 11.3 Å². The fourth-order valence-corrected chi connectivity index (χ4v) is 3.67. The van der Waals surface area contributed by atoms with Crippen LogP contribution in [0.4, 0.5) is 5.13 Å². The van der Waals surface area contributed by atoms with Crippen molar-refractivity contribution in [1.29, 1.82) is 0 Å². The van der Waals surface area contributed by atoms with Crippen molar-refractivity contribution in [1.82, 2.24) is 9.88 Å². The number of aromatic nitrogens is 1. The van der Waals surface area contributed by atoms with E-state index in [4.69, 9.17) is 14.8 Å². The van der Waals surface area contributed by atoms with Crippen LogP contribution in [0.15, 0.2) is 35.7 Å². The highest BCUT2D eigenvalue weighted by molar-refractivity contribution is 7.14. The molecule has 1 aliphatic rings. The number of likely N-dealkylation sites (N-methyl/N-ethyl adjacent to an activating group) is 1. The largest absolute Gasteiger partial charge is 0.480 e. The fraction of sp³-hybridized carbons (Fsp3) is 0.412. The Morgan fingerprint density at radius 2 is 2.25 bits per heavy atom. The van der Waals surface area contributed by atoms with Crippen LogP contribution in [0.25, 0.3) is 11.3 Å². The Balaban J connectivity index is 1.63. The number of carboxylic acid groups (broad SMARTS) is 1. The topological polar surface area (TPSA) is 65.9 Å². The number of carboxylic acids is 1. The molecule has 3 rings (SSSR count). The summed E-state index contributed by atoms with van der Waals surface area (Å²) in [4.78, 5) is 19.5. The molecule has 0 aliphatic carbocycles. The molecular weight excluding hydrogens is 326 g/mol. The number of hydrogen-bond donors (Lipinski definition) is 1. The molecule has 1 N–H and O–H groups in total. The number of nitrogens with zero attached hydrogens (tertiary/aromatic N) is 3. The van der Waals surface area contributed by atoms with Gasteiger partial charge in [-0.25, -0.2) is 4.98 Å². The molecule has 1 aromatic heterocycles. The van der Waals surface area contributed by atoms with Gasteiger partial charge in [-0.3, -0.25) is 9.69 Å². The lowest BCUT2D eigenvalue weighted by Gasteiger charge is -2.34. The van der Waals surface area contributed by atoms with Crippen LogP contribution in [0.2, 0.25) is 0 Å². The van der Waals surface area contributed by atoms with E-state index < -0.39 is 5.97 Å². The van der Waals surface area contributed by atoms with Gasteiger partial charge in [-0.05, 0) is 7.05 Å². The van der Waals surface area contributed by atoms with Gasteiger partial charge in [0.2, 0.25) is 0 Å². The van der Waals surface area contributed by atoms with E-state index in [1.54, 1.807) is 23.3 Å². The van der Waals surface area contributed by atoms with Gasteiger partial charge < -0.3 is 14.7 Å². The van der Waals surface area contributed by atoms with E-state index in [0.717, 1.165) is 29.5 Å². The number of morpholine rings is 1. The van der Waals surface area contributed by atoms with E-state index in [9.17, 15) is 4.79 Å². The maximum atomic E-state index is 10.8. The minimum Gasteiger partial charge on any atom is -0.480 e. The molecule has 1 unspecified atom stereocenters. The summed E-state index contributed by atoms with van der Waals surface area (Å²) in [6.07, 6.45) is -0.00725. The maximum absolute atomic E-state index is 10.8. The van der Waals surface area contributed by atoms with Crippen LogP contribution in [0.1, 0.15) is 0 Å². The highest BCUT2D eigenvalue weighted by Crippen LogP contribution is 2.28. The Kier molecular flexibility index (Phi) is 5.44. The molecule has 0 radical (unpaired) electrons. The van der Waals surface area contributed by atoms with Crippen molar-refractivity contribution in [2.24, 2.45) is 0 Å². The Morgan fingerprint density at radius 1 is 1.46 bits per heavy atom. The molecule has 0 bridgehead atoms. The van der Waals surface area contributed by atoms with E-state index in [-0.39, 0.29) is 12.6 Å². The van der Waals surface area contributed by atoms with Gasteiger partial charge in [-0.15, -0.1) is 11.3 Å². The summed E-state index contributed by atoms with van der Waals surface area (Å²) in [7, 11) is 1.80. The number of thiazole rings is 1. The third-order valence-electron chi connectivity index (χ3n) is 3.89. The molecule has 1 saturated heterocycles. The van der Waals surface area contributed by atoms with Crippen molar-refractivity contribution in [2.75, 3.05) is 44.7 Å². The summed E-state index contributed by atoms with van der Waals surface area (Å²) in [5.41, 5.74) is 2.10. The molecule has 128 valence electrons. The number of hydrogen-bond acceptors (Lipinski definition) is 6. The van der Waals surface area contributed by atoms with Crippen molar-refractivity contribution in [3.63, 3.8) is 0 Å². The number of aliphatic carboxylic acids is 1. The molecule has 2 aromatic rings. The molecule has 1 fully saturated rings. The van der Waals surface area contributed by atoms with Crippen LogP contribution in [0.3, 0.4) is 0 Å². The highest BCUT2D eigenvalue weighted by Gasteiger charge is 2.24. The van der Waals surface area contributed by atoms with Gasteiger partial charge in [-0.1, -0.05) is 30.3 Å². The van der Waals surface area contributed by atoms with Gasteiger partial charge >= 0.3 is 5.97 Å². The summed E-state index contributed by atoms with van der Waals surface area (Å²) >= 11 is 1.63. The Hall–Kier alpha value is -1.96. The zero-order chi connectivity index (χ0) is 16.9. The number of rotatable bonds is 6. The first-order valence-corrected chi connectivity index (χ1v) is 8.77. The first-order chi connectivity index (χ1) is 11.6. The van der Waals surface area contributed by atoms with Crippen molar-refractivity contribution in [3.05, 3.63) is 35.7 Å². The number of benzene rings is 1. The number of anilines is 1. The smallest absolute Gasteiger partial charge is 0.317 e. The quantitative estimate of drug-likeness (QED) is 0.863. The molecule has 0 saturated carbocycles. The molecular formula is C17H21N3O3S. The van der Waals surface area contributed by atoms with Crippen molar-refractivity contribution < 1.29 is 14.6 Å². The van der Waals surface area contributed by atoms with Crippen molar-refractivity contribution in [3.8, 4) is 11.3 Å². The minimum absolute atomic E-state index is 0.00725. The highest BCUT2D eigenvalue weighted by atomic mass is 32.1. The second-order valence-corrected chi connectivity index (χ2v) is 6.75. The lowest BCUT2D eigenvalue weighted by atomic mass is 10.2. The van der Waals surface area contributed by atoms with Crippen molar-refractivity contribution >= 4 is 22.4 Å². The summed E-state index contributed by atoms with van der Waals surface area (Å²) in [6, 6.07) is 10.1. The van der Waals surface area contributed by atoms with Gasteiger partial charge in [0, 0.05) is 30.6 Å². The zero-order valence-electron chi connectivity index (χ0n) is 13.6. The molecule has 2 heterocycles. The minimum atomic E-state index is -0.822. The Bertz CT molecular complexity index is 677. The molecule has 0 spiro atoms. The second kappa shape index (κ2) is 7.74. The number of ether oxygens (including phenoxy) is 1. The van der Waals surface area contributed by atoms with Gasteiger partial charge in [0.05, 0.1) is 24.9 Å². The average Bonchev–Trinajstić information content (AvgIpc) is 3.05. The molecule has 0 amide bonds. The van der Waals surface area contributed by atoms with Gasteiger partial charge in [0.1, 0.15) is 0 Å². The lowest BCUT2D eigenvalue weighted by molar-refractivity contribution is -0.138. The van der Waals surface area contributed by atoms with Crippen LogP contribution in [0, 0.1) is 0 Å². The van der Waals surface area contributed by atoms with Gasteiger partial charge in [0.15, 0.2) is 5.13 Å². The monoisotopic (exact) mass is 347 g/mol. The third kappa shape index (κ3) is 4.31. The van der Waals surface area contributed by atoms with E-state index in [0.29, 0.717) is 13.2 Å². The maximum Gasteiger partial charge on any atom is 0.317 e. The predicted molar refractivity (Wildman–Crippen MR) is 94.6 cm³/mol. The molecule has 24 heavy (non-hydrogen) atoms. The Labute approximate surface area is 145 Å². The molecule has 6 nitrogen and oxygen atoms in total. The SMILES string of the molecule is CN(CC(=O)O)CC1CN(c2nc(-c3ccccc3)cs2)CCO1. The first-order valence-electron chi connectivity index (χ1n) is 7.89. The lowest BCUT2D eigenvalue weighted by Crippen LogP contribution is -2.47. The van der Waals surface area contributed by atoms with E-state index in [1.165, 1.54) is 0 Å². The predicted octanol–water partition coefficient (Wildman–Crippen LogP) is 2.03. The fourth-order valence-electron chi connectivity index (χ4n) is 2.80. The van der Waals surface area contributed by atoms with E-state index in [2.05, 4.69) is 22.4 Å². The first kappa shape index (κ1) is 16.9. The molecule has 7 heteroatoms. The third-order valence-corrected chi connectivity index (χ3v) is 4.79. The van der Waals surface area contributed by atoms with Crippen LogP contribution in [0.5, 0.6) is 0 Å². The molecule has 1 atom stereocenters.